The molecule has 1 unspecified atom stereocenters. The molecular weight excluding hydrogens is 204 g/mol. The minimum absolute atomic E-state index is 0.163. The third-order valence-electron chi connectivity index (χ3n) is 3.38. The lowest BCUT2D eigenvalue weighted by atomic mass is 9.72. The van der Waals surface area contributed by atoms with Crippen molar-refractivity contribution < 1.29 is 14.6 Å². The molecule has 1 aliphatic heterocycles. The second-order valence-electron chi connectivity index (χ2n) is 5.28. The van der Waals surface area contributed by atoms with Crippen LogP contribution in [0.25, 0.3) is 0 Å². The smallest absolute Gasteiger partial charge is 0.292 e. The number of carbonyl (C=O) groups excluding carboxylic acids is 1. The average molecular weight is 220 g/mol. The highest BCUT2D eigenvalue weighted by molar-refractivity contribution is 5.91. The molecule has 0 radical (unpaired) electrons. The summed E-state index contributed by atoms with van der Waals surface area (Å²) in [6.07, 6.45) is 0. The van der Waals surface area contributed by atoms with Crippen LogP contribution in [0.3, 0.4) is 0 Å². The Morgan fingerprint density at radius 1 is 1.19 bits per heavy atom. The lowest BCUT2D eigenvalue weighted by molar-refractivity contribution is -0.349. The van der Waals surface area contributed by atoms with Crippen LogP contribution in [-0.4, -0.2) is 5.97 Å². The average Bonchev–Trinajstić information content (AvgIpc) is 2.23. The fourth-order valence-electron chi connectivity index (χ4n) is 1.82. The number of fused-ring (bicyclic) bond motifs is 1. The first-order chi connectivity index (χ1) is 7.36. The standard InChI is InChI=1S/C13H16O3/c1-12(2,3)13(4)10-8-6-5-7-9(10)11(14)15-16-13/h5-8H,1-4H3. The summed E-state index contributed by atoms with van der Waals surface area (Å²) in [5, 5.41) is 0. The molecule has 1 aromatic carbocycles. The molecule has 0 saturated heterocycles. The molecule has 0 aromatic heterocycles. The quantitative estimate of drug-likeness (QED) is 0.630. The van der Waals surface area contributed by atoms with Gasteiger partial charge in [-0.3, -0.25) is 4.89 Å². The van der Waals surface area contributed by atoms with Crippen molar-refractivity contribution in [2.24, 2.45) is 5.41 Å². The monoisotopic (exact) mass is 220 g/mol. The van der Waals surface area contributed by atoms with Crippen LogP contribution in [0.5, 0.6) is 0 Å². The topological polar surface area (TPSA) is 35.5 Å². The highest BCUT2D eigenvalue weighted by Gasteiger charge is 2.47. The van der Waals surface area contributed by atoms with Crippen LogP contribution in [0.1, 0.15) is 43.6 Å². The van der Waals surface area contributed by atoms with E-state index in [1.54, 1.807) is 6.07 Å². The van der Waals surface area contributed by atoms with E-state index in [2.05, 4.69) is 20.8 Å². The zero-order valence-electron chi connectivity index (χ0n) is 10.0. The molecule has 1 aliphatic rings. The predicted octanol–water partition coefficient (Wildman–Crippen LogP) is 3.05. The number of benzene rings is 1. The van der Waals surface area contributed by atoms with Gasteiger partial charge in [-0.2, -0.15) is 4.89 Å². The molecule has 0 N–H and O–H groups in total. The van der Waals surface area contributed by atoms with Crippen LogP contribution < -0.4 is 0 Å². The van der Waals surface area contributed by atoms with E-state index in [1.807, 2.05) is 25.1 Å². The Balaban J connectivity index is 2.63. The van der Waals surface area contributed by atoms with Gasteiger partial charge < -0.3 is 0 Å². The van der Waals surface area contributed by atoms with Gasteiger partial charge in [0.15, 0.2) is 0 Å². The molecule has 0 aliphatic carbocycles. The Morgan fingerprint density at radius 2 is 1.81 bits per heavy atom. The third-order valence-corrected chi connectivity index (χ3v) is 3.38. The van der Waals surface area contributed by atoms with E-state index < -0.39 is 11.6 Å². The van der Waals surface area contributed by atoms with E-state index in [1.165, 1.54) is 0 Å². The largest absolute Gasteiger partial charge is 0.373 e. The van der Waals surface area contributed by atoms with Crippen molar-refractivity contribution in [2.45, 2.75) is 33.3 Å². The number of hydrogen-bond donors (Lipinski definition) is 0. The molecule has 0 fully saturated rings. The van der Waals surface area contributed by atoms with Gasteiger partial charge in [-0.25, -0.2) is 4.79 Å². The maximum Gasteiger partial charge on any atom is 0.373 e. The molecule has 1 atom stereocenters. The van der Waals surface area contributed by atoms with Crippen molar-refractivity contribution in [2.75, 3.05) is 0 Å². The van der Waals surface area contributed by atoms with Crippen molar-refractivity contribution in [3.05, 3.63) is 35.4 Å². The first kappa shape index (κ1) is 11.1. The second-order valence-corrected chi connectivity index (χ2v) is 5.28. The molecule has 0 spiro atoms. The lowest BCUT2D eigenvalue weighted by Crippen LogP contribution is -2.44. The fourth-order valence-corrected chi connectivity index (χ4v) is 1.82. The summed E-state index contributed by atoms with van der Waals surface area (Å²) in [6.45, 7) is 8.12. The summed E-state index contributed by atoms with van der Waals surface area (Å²) in [4.78, 5) is 21.7. The van der Waals surface area contributed by atoms with Crippen molar-refractivity contribution >= 4 is 5.97 Å². The Labute approximate surface area is 95.3 Å². The van der Waals surface area contributed by atoms with Crippen LogP contribution >= 0.6 is 0 Å². The molecule has 0 amide bonds. The first-order valence-electron chi connectivity index (χ1n) is 5.36. The lowest BCUT2D eigenvalue weighted by Gasteiger charge is -2.42. The predicted molar refractivity (Wildman–Crippen MR) is 59.7 cm³/mol. The van der Waals surface area contributed by atoms with E-state index in [0.29, 0.717) is 5.56 Å². The number of rotatable bonds is 0. The summed E-state index contributed by atoms with van der Waals surface area (Å²) in [6, 6.07) is 7.42. The number of carbonyl (C=O) groups is 1. The maximum absolute atomic E-state index is 11.6. The maximum atomic E-state index is 11.6. The van der Waals surface area contributed by atoms with E-state index in [-0.39, 0.29) is 5.41 Å². The van der Waals surface area contributed by atoms with E-state index in [9.17, 15) is 4.79 Å². The van der Waals surface area contributed by atoms with Gasteiger partial charge in [0.2, 0.25) is 0 Å². The van der Waals surface area contributed by atoms with Crippen LogP contribution in [0.4, 0.5) is 0 Å². The van der Waals surface area contributed by atoms with Gasteiger partial charge in [0, 0.05) is 5.56 Å². The molecule has 3 heteroatoms. The van der Waals surface area contributed by atoms with Gasteiger partial charge >= 0.3 is 5.97 Å². The van der Waals surface area contributed by atoms with Gasteiger partial charge in [0.1, 0.15) is 5.60 Å². The van der Waals surface area contributed by atoms with E-state index >= 15 is 0 Å². The first-order valence-corrected chi connectivity index (χ1v) is 5.36. The summed E-state index contributed by atoms with van der Waals surface area (Å²) < 4.78 is 0. The third kappa shape index (κ3) is 1.43. The van der Waals surface area contributed by atoms with E-state index in [0.717, 1.165) is 5.56 Å². The normalized spacial score (nSPS) is 24.9. The van der Waals surface area contributed by atoms with Gasteiger partial charge in [-0.1, -0.05) is 39.0 Å². The number of hydrogen-bond acceptors (Lipinski definition) is 3. The van der Waals surface area contributed by atoms with E-state index in [4.69, 9.17) is 9.78 Å². The summed E-state index contributed by atoms with van der Waals surface area (Å²) in [5.74, 6) is -0.419. The summed E-state index contributed by atoms with van der Waals surface area (Å²) in [7, 11) is 0. The fraction of sp³-hybridized carbons (Fsp3) is 0.462. The molecule has 86 valence electrons. The molecule has 1 aromatic rings. The minimum Gasteiger partial charge on any atom is -0.292 e. The van der Waals surface area contributed by atoms with Crippen molar-refractivity contribution in [3.63, 3.8) is 0 Å². The van der Waals surface area contributed by atoms with Crippen molar-refractivity contribution in [1.82, 2.24) is 0 Å². The molecule has 0 saturated carbocycles. The van der Waals surface area contributed by atoms with Gasteiger partial charge in [0.05, 0.1) is 5.56 Å². The molecule has 3 nitrogen and oxygen atoms in total. The molecular formula is C13H16O3. The summed E-state index contributed by atoms with van der Waals surface area (Å²) in [5.41, 5.74) is 0.700. The highest BCUT2D eigenvalue weighted by atomic mass is 17.2. The molecule has 1 heterocycles. The van der Waals surface area contributed by atoms with Crippen LogP contribution in [0.15, 0.2) is 24.3 Å². The SMILES string of the molecule is CC(C)(C)C1(C)OOC(=O)c2ccccc21. The van der Waals surface area contributed by atoms with Crippen LogP contribution in [0.2, 0.25) is 0 Å². The molecule has 0 bridgehead atoms. The van der Waals surface area contributed by atoms with Gasteiger partial charge in [-0.05, 0) is 18.4 Å². The Kier molecular flexibility index (Phi) is 2.31. The van der Waals surface area contributed by atoms with Crippen molar-refractivity contribution in [1.29, 1.82) is 0 Å². The second kappa shape index (κ2) is 3.32. The molecule has 16 heavy (non-hydrogen) atoms. The zero-order valence-corrected chi connectivity index (χ0v) is 10.0. The van der Waals surface area contributed by atoms with Crippen molar-refractivity contribution in [3.8, 4) is 0 Å². The van der Waals surface area contributed by atoms with Crippen LogP contribution in [-0.2, 0) is 15.4 Å². The summed E-state index contributed by atoms with van der Waals surface area (Å²) >= 11 is 0. The highest BCUT2D eigenvalue weighted by Crippen LogP contribution is 2.46. The Hall–Kier alpha value is -1.35. The van der Waals surface area contributed by atoms with Gasteiger partial charge in [-0.15, -0.1) is 0 Å². The zero-order chi connectivity index (χ0) is 12.0. The molecule has 2 rings (SSSR count). The Morgan fingerprint density at radius 3 is 2.44 bits per heavy atom. The Bertz CT molecular complexity index is 431. The van der Waals surface area contributed by atoms with Gasteiger partial charge in [0.25, 0.3) is 0 Å². The minimum atomic E-state index is -0.614. The van der Waals surface area contributed by atoms with Crippen LogP contribution in [0, 0.1) is 5.41 Å².